The van der Waals surface area contributed by atoms with E-state index in [2.05, 4.69) is 18.3 Å². The second-order valence-electron chi connectivity index (χ2n) is 5.34. The lowest BCUT2D eigenvalue weighted by atomic mass is 9.87. The summed E-state index contributed by atoms with van der Waals surface area (Å²) in [6.45, 7) is 6.99. The largest absolute Gasteiger partial charge is 0.479 e. The highest BCUT2D eigenvalue weighted by atomic mass is 16.6. The molecule has 1 aliphatic carbocycles. The van der Waals surface area contributed by atoms with Crippen molar-refractivity contribution in [3.8, 4) is 5.75 Å². The van der Waals surface area contributed by atoms with Gasteiger partial charge in [-0.1, -0.05) is 19.1 Å². The van der Waals surface area contributed by atoms with Crippen LogP contribution in [0.5, 0.6) is 5.75 Å². The lowest BCUT2D eigenvalue weighted by Gasteiger charge is -2.28. The predicted octanol–water partition coefficient (Wildman–Crippen LogP) is 3.00. The van der Waals surface area contributed by atoms with Crippen LogP contribution in [0.2, 0.25) is 0 Å². The quantitative estimate of drug-likeness (QED) is 0.819. The normalized spacial score (nSPS) is 18.7. The maximum absolute atomic E-state index is 11.7. The fourth-order valence-corrected chi connectivity index (χ4v) is 2.88. The van der Waals surface area contributed by atoms with Gasteiger partial charge >= 0.3 is 5.97 Å². The van der Waals surface area contributed by atoms with Crippen molar-refractivity contribution in [2.75, 3.05) is 13.2 Å². The Morgan fingerprint density at radius 1 is 1.43 bits per heavy atom. The smallest absolute Gasteiger partial charge is 0.347 e. The number of nitrogens with one attached hydrogen (secondary N) is 1. The van der Waals surface area contributed by atoms with Crippen LogP contribution in [0.4, 0.5) is 0 Å². The van der Waals surface area contributed by atoms with Gasteiger partial charge in [-0.3, -0.25) is 0 Å². The van der Waals surface area contributed by atoms with E-state index in [0.717, 1.165) is 31.6 Å². The molecule has 1 aromatic rings. The topological polar surface area (TPSA) is 47.6 Å². The molecule has 0 aromatic heterocycles. The van der Waals surface area contributed by atoms with E-state index < -0.39 is 6.10 Å². The summed E-state index contributed by atoms with van der Waals surface area (Å²) < 4.78 is 10.9. The van der Waals surface area contributed by atoms with Crippen molar-refractivity contribution < 1.29 is 14.3 Å². The summed E-state index contributed by atoms with van der Waals surface area (Å²) in [6.07, 6.45) is 2.72. The Kier molecular flexibility index (Phi) is 5.62. The lowest BCUT2D eigenvalue weighted by molar-refractivity contribution is -0.150. The Labute approximate surface area is 126 Å². The highest BCUT2D eigenvalue weighted by molar-refractivity contribution is 5.74. The first-order chi connectivity index (χ1) is 10.2. The first-order valence-corrected chi connectivity index (χ1v) is 7.85. The van der Waals surface area contributed by atoms with Gasteiger partial charge in [0.1, 0.15) is 5.75 Å². The van der Waals surface area contributed by atoms with Gasteiger partial charge < -0.3 is 14.8 Å². The van der Waals surface area contributed by atoms with Crippen LogP contribution in [-0.2, 0) is 16.0 Å². The Morgan fingerprint density at radius 2 is 2.24 bits per heavy atom. The Balaban J connectivity index is 2.18. The zero-order valence-electron chi connectivity index (χ0n) is 13.1. The second kappa shape index (κ2) is 7.46. The highest BCUT2D eigenvalue weighted by Crippen LogP contribution is 2.35. The van der Waals surface area contributed by atoms with Crippen molar-refractivity contribution in [2.45, 2.75) is 52.2 Å². The summed E-state index contributed by atoms with van der Waals surface area (Å²) >= 11 is 0. The summed E-state index contributed by atoms with van der Waals surface area (Å²) in [4.78, 5) is 11.7. The van der Waals surface area contributed by atoms with Gasteiger partial charge in [0, 0.05) is 6.04 Å². The summed E-state index contributed by atoms with van der Waals surface area (Å²) in [5.41, 5.74) is 2.53. The van der Waals surface area contributed by atoms with E-state index in [9.17, 15) is 4.79 Å². The Bertz CT molecular complexity index is 487. The lowest BCUT2D eigenvalue weighted by Crippen LogP contribution is -2.28. The van der Waals surface area contributed by atoms with Crippen LogP contribution >= 0.6 is 0 Å². The number of carbonyl (C=O) groups is 1. The highest BCUT2D eigenvalue weighted by Gasteiger charge is 2.24. The van der Waals surface area contributed by atoms with Gasteiger partial charge in [0.15, 0.2) is 6.10 Å². The van der Waals surface area contributed by atoms with E-state index in [-0.39, 0.29) is 5.97 Å². The summed E-state index contributed by atoms with van der Waals surface area (Å²) in [5.74, 6) is 0.504. The third-order valence-corrected chi connectivity index (χ3v) is 3.84. The van der Waals surface area contributed by atoms with Crippen molar-refractivity contribution >= 4 is 5.97 Å². The molecule has 0 saturated heterocycles. The Morgan fingerprint density at radius 3 is 2.95 bits per heavy atom. The molecule has 0 amide bonds. The number of fused-ring (bicyclic) bond motifs is 1. The number of carbonyl (C=O) groups excluding carboxylic acids is 1. The minimum Gasteiger partial charge on any atom is -0.479 e. The van der Waals surface area contributed by atoms with Gasteiger partial charge in [0.2, 0.25) is 0 Å². The van der Waals surface area contributed by atoms with E-state index >= 15 is 0 Å². The van der Waals surface area contributed by atoms with Crippen molar-refractivity contribution in [1.29, 1.82) is 0 Å². The molecule has 0 radical (unpaired) electrons. The maximum Gasteiger partial charge on any atom is 0.347 e. The molecule has 116 valence electrons. The number of hydrogen-bond donors (Lipinski definition) is 1. The van der Waals surface area contributed by atoms with E-state index in [1.165, 1.54) is 11.1 Å². The number of rotatable bonds is 6. The zero-order valence-corrected chi connectivity index (χ0v) is 13.1. The van der Waals surface area contributed by atoms with E-state index in [4.69, 9.17) is 9.47 Å². The molecule has 0 fully saturated rings. The molecule has 2 atom stereocenters. The summed E-state index contributed by atoms with van der Waals surface area (Å²) in [7, 11) is 0. The number of benzene rings is 1. The molecule has 0 bridgehead atoms. The molecule has 0 spiro atoms. The van der Waals surface area contributed by atoms with Crippen molar-refractivity contribution in [3.63, 3.8) is 0 Å². The zero-order chi connectivity index (χ0) is 15.2. The molecule has 4 nitrogen and oxygen atoms in total. The van der Waals surface area contributed by atoms with Gasteiger partial charge in [-0.25, -0.2) is 4.79 Å². The monoisotopic (exact) mass is 291 g/mol. The first-order valence-electron chi connectivity index (χ1n) is 7.85. The van der Waals surface area contributed by atoms with Crippen LogP contribution in [-0.4, -0.2) is 25.2 Å². The van der Waals surface area contributed by atoms with Crippen LogP contribution in [0.15, 0.2) is 18.2 Å². The molecular weight excluding hydrogens is 266 g/mol. The minimum atomic E-state index is -0.573. The fraction of sp³-hybridized carbons (Fsp3) is 0.588. The van der Waals surface area contributed by atoms with Gasteiger partial charge in [0.05, 0.1) is 6.61 Å². The number of ether oxygens (including phenoxy) is 2. The first kappa shape index (κ1) is 15.8. The van der Waals surface area contributed by atoms with Crippen molar-refractivity contribution in [1.82, 2.24) is 5.32 Å². The summed E-state index contributed by atoms with van der Waals surface area (Å²) in [6, 6.07) is 6.49. The number of hydrogen-bond acceptors (Lipinski definition) is 4. The van der Waals surface area contributed by atoms with Crippen LogP contribution < -0.4 is 10.1 Å². The molecule has 1 aromatic carbocycles. The van der Waals surface area contributed by atoms with Crippen LogP contribution in [0.3, 0.4) is 0 Å². The van der Waals surface area contributed by atoms with Crippen LogP contribution in [0.25, 0.3) is 0 Å². The van der Waals surface area contributed by atoms with E-state index in [1.807, 2.05) is 12.1 Å². The molecular formula is C17H25NO3. The van der Waals surface area contributed by atoms with E-state index in [0.29, 0.717) is 12.6 Å². The average molecular weight is 291 g/mol. The van der Waals surface area contributed by atoms with E-state index in [1.54, 1.807) is 13.8 Å². The maximum atomic E-state index is 11.7. The van der Waals surface area contributed by atoms with Gasteiger partial charge in [-0.05, 0) is 56.8 Å². The molecule has 0 saturated carbocycles. The third kappa shape index (κ3) is 3.76. The van der Waals surface area contributed by atoms with Gasteiger partial charge in [0.25, 0.3) is 0 Å². The van der Waals surface area contributed by atoms with Crippen LogP contribution in [0.1, 0.15) is 50.8 Å². The van der Waals surface area contributed by atoms with Crippen LogP contribution in [0, 0.1) is 0 Å². The van der Waals surface area contributed by atoms with Gasteiger partial charge in [-0.2, -0.15) is 0 Å². The minimum absolute atomic E-state index is 0.311. The second-order valence-corrected chi connectivity index (χ2v) is 5.34. The SMILES string of the molecule is CCNC1CCCc2c(OC(C)C(=O)OCC)cccc21. The molecule has 0 aliphatic heterocycles. The standard InChI is InChI=1S/C17H25NO3/c1-4-18-15-10-6-9-14-13(15)8-7-11-16(14)21-12(3)17(19)20-5-2/h7-8,11-12,15,18H,4-6,9-10H2,1-3H3. The Hall–Kier alpha value is -1.55. The molecule has 2 unspecified atom stereocenters. The third-order valence-electron chi connectivity index (χ3n) is 3.84. The molecule has 2 rings (SSSR count). The fourth-order valence-electron chi connectivity index (χ4n) is 2.88. The average Bonchev–Trinajstić information content (AvgIpc) is 2.48. The predicted molar refractivity (Wildman–Crippen MR) is 82.5 cm³/mol. The van der Waals surface area contributed by atoms with Crippen molar-refractivity contribution in [3.05, 3.63) is 29.3 Å². The van der Waals surface area contributed by atoms with Gasteiger partial charge in [-0.15, -0.1) is 0 Å². The molecule has 1 N–H and O–H groups in total. The molecule has 0 heterocycles. The summed E-state index contributed by atoms with van der Waals surface area (Å²) in [5, 5.41) is 3.52. The molecule has 21 heavy (non-hydrogen) atoms. The van der Waals surface area contributed by atoms with Crippen molar-refractivity contribution in [2.24, 2.45) is 0 Å². The molecule has 1 aliphatic rings. The molecule has 4 heteroatoms. The number of esters is 1.